The average molecular weight is 250 g/mol. The maximum absolute atomic E-state index is 14.0. The molecule has 1 saturated heterocycles. The quantitative estimate of drug-likeness (QED) is 0.871. The normalized spacial score (nSPS) is 26.2. The van der Waals surface area contributed by atoms with Crippen molar-refractivity contribution in [2.75, 3.05) is 11.4 Å². The lowest BCUT2D eigenvalue weighted by Crippen LogP contribution is -2.42. The second-order valence-corrected chi connectivity index (χ2v) is 5.65. The number of anilines is 1. The highest BCUT2D eigenvalue weighted by Gasteiger charge is 2.26. The molecular weight excluding hydrogens is 227 g/mol. The van der Waals surface area contributed by atoms with Crippen LogP contribution in [0.25, 0.3) is 0 Å². The second-order valence-electron chi connectivity index (χ2n) is 5.65. The van der Waals surface area contributed by atoms with Crippen molar-refractivity contribution in [1.29, 1.82) is 0 Å². The molecule has 1 heterocycles. The van der Waals surface area contributed by atoms with Gasteiger partial charge >= 0.3 is 0 Å². The van der Waals surface area contributed by atoms with E-state index in [0.717, 1.165) is 18.7 Å². The molecule has 0 aliphatic carbocycles. The van der Waals surface area contributed by atoms with Crippen LogP contribution in [0.1, 0.15) is 45.2 Å². The first-order chi connectivity index (χ1) is 8.50. The van der Waals surface area contributed by atoms with Crippen molar-refractivity contribution in [2.45, 2.75) is 45.7 Å². The van der Waals surface area contributed by atoms with E-state index in [-0.39, 0.29) is 11.9 Å². The van der Waals surface area contributed by atoms with Gasteiger partial charge in [0.05, 0.1) is 0 Å². The Hall–Kier alpha value is -1.09. The highest BCUT2D eigenvalue weighted by Crippen LogP contribution is 2.33. The Morgan fingerprint density at radius 1 is 1.33 bits per heavy atom. The predicted molar refractivity (Wildman–Crippen MR) is 74.2 cm³/mol. The van der Waals surface area contributed by atoms with E-state index >= 15 is 0 Å². The second kappa shape index (κ2) is 5.27. The topological polar surface area (TPSA) is 29.3 Å². The van der Waals surface area contributed by atoms with Crippen LogP contribution < -0.4 is 10.6 Å². The van der Waals surface area contributed by atoms with Gasteiger partial charge in [0.1, 0.15) is 5.82 Å². The minimum Gasteiger partial charge on any atom is -0.368 e. The summed E-state index contributed by atoms with van der Waals surface area (Å²) in [4.78, 5) is 2.32. The predicted octanol–water partition coefficient (Wildman–Crippen LogP) is 3.47. The van der Waals surface area contributed by atoms with Gasteiger partial charge in [0.15, 0.2) is 0 Å². The van der Waals surface area contributed by atoms with Crippen LogP contribution in [0.3, 0.4) is 0 Å². The standard InChI is InChI=1S/C15H23FN2/c1-10-7-8-11(2)18(9-10)14-6-4-5-13(16)15(14)12(3)17/h4-6,10-12H,7-9,17H2,1-3H3. The number of nitrogens with two attached hydrogens (primary N) is 1. The molecule has 1 aliphatic heterocycles. The number of benzene rings is 1. The van der Waals surface area contributed by atoms with Crippen molar-refractivity contribution in [2.24, 2.45) is 11.7 Å². The molecule has 3 atom stereocenters. The molecule has 0 radical (unpaired) electrons. The van der Waals surface area contributed by atoms with Crippen molar-refractivity contribution in [3.8, 4) is 0 Å². The molecule has 0 aromatic heterocycles. The summed E-state index contributed by atoms with van der Waals surface area (Å²) in [6.45, 7) is 7.30. The fourth-order valence-electron chi connectivity index (χ4n) is 2.85. The van der Waals surface area contributed by atoms with Crippen LogP contribution in [0, 0.1) is 11.7 Å². The Morgan fingerprint density at radius 2 is 2.06 bits per heavy atom. The van der Waals surface area contributed by atoms with Gasteiger partial charge in [0, 0.05) is 29.9 Å². The molecule has 18 heavy (non-hydrogen) atoms. The van der Waals surface area contributed by atoms with E-state index in [4.69, 9.17) is 5.73 Å². The number of nitrogens with zero attached hydrogens (tertiary/aromatic N) is 1. The number of halogens is 1. The minimum atomic E-state index is -0.273. The zero-order chi connectivity index (χ0) is 13.3. The SMILES string of the molecule is CC1CCC(C)N(c2cccc(F)c2C(C)N)C1. The van der Waals surface area contributed by atoms with Crippen molar-refractivity contribution in [3.63, 3.8) is 0 Å². The van der Waals surface area contributed by atoms with Gasteiger partial charge in [0.2, 0.25) is 0 Å². The number of piperidine rings is 1. The van der Waals surface area contributed by atoms with Crippen molar-refractivity contribution >= 4 is 5.69 Å². The van der Waals surface area contributed by atoms with Crippen molar-refractivity contribution in [3.05, 3.63) is 29.6 Å². The monoisotopic (exact) mass is 250 g/mol. The number of hydrogen-bond acceptors (Lipinski definition) is 2. The first kappa shape index (κ1) is 13.3. The van der Waals surface area contributed by atoms with E-state index in [1.807, 2.05) is 13.0 Å². The lowest BCUT2D eigenvalue weighted by molar-refractivity contribution is 0.388. The maximum atomic E-state index is 14.0. The van der Waals surface area contributed by atoms with E-state index in [1.165, 1.54) is 12.5 Å². The van der Waals surface area contributed by atoms with E-state index in [0.29, 0.717) is 17.5 Å². The molecule has 2 rings (SSSR count). The molecule has 100 valence electrons. The Bertz CT molecular complexity index is 417. The summed E-state index contributed by atoms with van der Waals surface area (Å²) in [5.41, 5.74) is 7.56. The Balaban J connectivity index is 2.40. The van der Waals surface area contributed by atoms with E-state index in [1.54, 1.807) is 6.07 Å². The Kier molecular flexibility index (Phi) is 3.91. The minimum absolute atomic E-state index is 0.187. The highest BCUT2D eigenvalue weighted by molar-refractivity contribution is 5.56. The molecular formula is C15H23FN2. The highest BCUT2D eigenvalue weighted by atomic mass is 19.1. The van der Waals surface area contributed by atoms with Gasteiger partial charge in [-0.3, -0.25) is 0 Å². The molecule has 2 N–H and O–H groups in total. The number of rotatable bonds is 2. The first-order valence-electron chi connectivity index (χ1n) is 6.81. The van der Waals surface area contributed by atoms with E-state index in [2.05, 4.69) is 18.7 Å². The summed E-state index contributed by atoms with van der Waals surface area (Å²) in [6.07, 6.45) is 2.41. The van der Waals surface area contributed by atoms with Gasteiger partial charge < -0.3 is 10.6 Å². The van der Waals surface area contributed by atoms with Crippen LogP contribution in [0.15, 0.2) is 18.2 Å². The molecule has 1 aromatic carbocycles. The summed E-state index contributed by atoms with van der Waals surface area (Å²) >= 11 is 0. The van der Waals surface area contributed by atoms with Crippen LogP contribution in [0.5, 0.6) is 0 Å². The zero-order valence-corrected chi connectivity index (χ0v) is 11.5. The molecule has 3 unspecified atom stereocenters. The van der Waals surface area contributed by atoms with Crippen LogP contribution in [-0.4, -0.2) is 12.6 Å². The molecule has 2 nitrogen and oxygen atoms in total. The fourth-order valence-corrected chi connectivity index (χ4v) is 2.85. The lowest BCUT2D eigenvalue weighted by Gasteiger charge is -2.40. The molecule has 0 saturated carbocycles. The van der Waals surface area contributed by atoms with Crippen LogP contribution in [0.2, 0.25) is 0 Å². The maximum Gasteiger partial charge on any atom is 0.130 e. The van der Waals surface area contributed by atoms with Crippen LogP contribution in [-0.2, 0) is 0 Å². The molecule has 0 spiro atoms. The molecule has 0 amide bonds. The first-order valence-corrected chi connectivity index (χ1v) is 6.81. The third-order valence-corrected chi connectivity index (χ3v) is 3.91. The fraction of sp³-hybridized carbons (Fsp3) is 0.600. The van der Waals surface area contributed by atoms with Gasteiger partial charge in [-0.1, -0.05) is 13.0 Å². The summed E-state index contributed by atoms with van der Waals surface area (Å²) in [5.74, 6) is 0.471. The third kappa shape index (κ3) is 2.51. The Morgan fingerprint density at radius 3 is 2.72 bits per heavy atom. The average Bonchev–Trinajstić information content (AvgIpc) is 2.31. The van der Waals surface area contributed by atoms with Crippen molar-refractivity contribution in [1.82, 2.24) is 0 Å². The smallest absolute Gasteiger partial charge is 0.130 e. The number of hydrogen-bond donors (Lipinski definition) is 1. The molecule has 0 bridgehead atoms. The van der Waals surface area contributed by atoms with Gasteiger partial charge in [-0.2, -0.15) is 0 Å². The van der Waals surface area contributed by atoms with Gasteiger partial charge in [-0.05, 0) is 44.7 Å². The molecule has 1 fully saturated rings. The Labute approximate surface area is 109 Å². The van der Waals surface area contributed by atoms with Gasteiger partial charge in [-0.15, -0.1) is 0 Å². The summed E-state index contributed by atoms with van der Waals surface area (Å²) in [5, 5.41) is 0. The summed E-state index contributed by atoms with van der Waals surface area (Å²) in [6, 6.07) is 5.46. The van der Waals surface area contributed by atoms with E-state index < -0.39 is 0 Å². The van der Waals surface area contributed by atoms with Gasteiger partial charge in [-0.25, -0.2) is 4.39 Å². The van der Waals surface area contributed by atoms with E-state index in [9.17, 15) is 4.39 Å². The van der Waals surface area contributed by atoms with Crippen molar-refractivity contribution < 1.29 is 4.39 Å². The van der Waals surface area contributed by atoms with Gasteiger partial charge in [0.25, 0.3) is 0 Å². The largest absolute Gasteiger partial charge is 0.368 e. The summed E-state index contributed by atoms with van der Waals surface area (Å²) in [7, 11) is 0. The third-order valence-electron chi connectivity index (χ3n) is 3.91. The van der Waals surface area contributed by atoms with Crippen LogP contribution >= 0.6 is 0 Å². The van der Waals surface area contributed by atoms with Crippen LogP contribution in [0.4, 0.5) is 10.1 Å². The molecule has 3 heteroatoms. The lowest BCUT2D eigenvalue weighted by atomic mass is 9.93. The summed E-state index contributed by atoms with van der Waals surface area (Å²) < 4.78 is 14.0. The molecule has 1 aliphatic rings. The molecule has 1 aromatic rings. The zero-order valence-electron chi connectivity index (χ0n) is 11.5.